The van der Waals surface area contributed by atoms with Crippen LogP contribution in [0.4, 0.5) is 0 Å². The molecule has 2 N–H and O–H groups in total. The van der Waals surface area contributed by atoms with Crippen LogP contribution in [0.3, 0.4) is 0 Å². The molecule has 0 aliphatic carbocycles. The molecule has 0 saturated carbocycles. The lowest BCUT2D eigenvalue weighted by atomic mass is 10.1. The van der Waals surface area contributed by atoms with E-state index in [1.54, 1.807) is 0 Å². The van der Waals surface area contributed by atoms with Crippen molar-refractivity contribution in [1.29, 1.82) is 0 Å². The first-order valence-corrected chi connectivity index (χ1v) is 6.19. The number of nitrogens with zero attached hydrogens (tertiary/aromatic N) is 2. The molecule has 2 rings (SSSR count). The highest BCUT2D eigenvalue weighted by molar-refractivity contribution is 5.29. The van der Waals surface area contributed by atoms with E-state index in [2.05, 4.69) is 4.98 Å². The second kappa shape index (κ2) is 6.15. The zero-order chi connectivity index (χ0) is 13.7. The smallest absolute Gasteiger partial charge is 0.253 e. The SMILES string of the molecule is CCOc1ccc(C(N)Cn2cnccc2=O)cc1. The third-order valence-electron chi connectivity index (χ3n) is 2.80. The maximum atomic E-state index is 11.6. The van der Waals surface area contributed by atoms with Crippen molar-refractivity contribution in [3.63, 3.8) is 0 Å². The van der Waals surface area contributed by atoms with E-state index < -0.39 is 0 Å². The molecule has 5 nitrogen and oxygen atoms in total. The van der Waals surface area contributed by atoms with Gasteiger partial charge in [-0.1, -0.05) is 12.1 Å². The molecule has 19 heavy (non-hydrogen) atoms. The fourth-order valence-corrected chi connectivity index (χ4v) is 1.81. The molecule has 0 fully saturated rings. The molecule has 1 atom stereocenters. The van der Waals surface area contributed by atoms with Gasteiger partial charge in [-0.25, -0.2) is 4.98 Å². The zero-order valence-electron chi connectivity index (χ0n) is 10.8. The number of nitrogens with two attached hydrogens (primary N) is 1. The van der Waals surface area contributed by atoms with Crippen LogP contribution in [0.1, 0.15) is 18.5 Å². The van der Waals surface area contributed by atoms with Crippen LogP contribution >= 0.6 is 0 Å². The van der Waals surface area contributed by atoms with Gasteiger partial charge in [-0.15, -0.1) is 0 Å². The van der Waals surface area contributed by atoms with Crippen molar-refractivity contribution in [2.45, 2.75) is 19.5 Å². The predicted molar refractivity (Wildman–Crippen MR) is 73.0 cm³/mol. The summed E-state index contributed by atoms with van der Waals surface area (Å²) in [6.07, 6.45) is 2.97. The van der Waals surface area contributed by atoms with Gasteiger partial charge in [0.25, 0.3) is 5.56 Å². The normalized spacial score (nSPS) is 12.1. The first-order valence-electron chi connectivity index (χ1n) is 6.19. The van der Waals surface area contributed by atoms with Gasteiger partial charge >= 0.3 is 0 Å². The van der Waals surface area contributed by atoms with E-state index in [4.69, 9.17) is 10.5 Å². The van der Waals surface area contributed by atoms with Gasteiger partial charge in [-0.2, -0.15) is 0 Å². The Labute approximate surface area is 111 Å². The van der Waals surface area contributed by atoms with Crippen molar-refractivity contribution < 1.29 is 4.74 Å². The van der Waals surface area contributed by atoms with Crippen molar-refractivity contribution in [2.24, 2.45) is 5.73 Å². The highest BCUT2D eigenvalue weighted by Gasteiger charge is 2.08. The summed E-state index contributed by atoms with van der Waals surface area (Å²) in [5, 5.41) is 0. The lowest BCUT2D eigenvalue weighted by molar-refractivity contribution is 0.340. The molecule has 5 heteroatoms. The van der Waals surface area contributed by atoms with Crippen molar-refractivity contribution in [1.82, 2.24) is 9.55 Å². The van der Waals surface area contributed by atoms with Gasteiger partial charge in [0.1, 0.15) is 5.75 Å². The van der Waals surface area contributed by atoms with Crippen LogP contribution in [-0.2, 0) is 6.54 Å². The summed E-state index contributed by atoms with van der Waals surface area (Å²) in [7, 11) is 0. The van der Waals surface area contributed by atoms with Crippen LogP contribution < -0.4 is 16.0 Å². The Kier molecular flexibility index (Phi) is 4.30. The van der Waals surface area contributed by atoms with E-state index in [1.165, 1.54) is 23.2 Å². The Hall–Kier alpha value is -2.14. The Morgan fingerprint density at radius 3 is 2.68 bits per heavy atom. The minimum Gasteiger partial charge on any atom is -0.494 e. The number of hydrogen-bond donors (Lipinski definition) is 1. The monoisotopic (exact) mass is 259 g/mol. The highest BCUT2D eigenvalue weighted by atomic mass is 16.5. The van der Waals surface area contributed by atoms with Crippen LogP contribution in [0.5, 0.6) is 5.75 Å². The number of benzene rings is 1. The molecule has 0 spiro atoms. The maximum Gasteiger partial charge on any atom is 0.253 e. The van der Waals surface area contributed by atoms with Gasteiger partial charge < -0.3 is 10.5 Å². The molecule has 1 heterocycles. The second-order valence-corrected chi connectivity index (χ2v) is 4.18. The predicted octanol–water partition coefficient (Wildman–Crippen LogP) is 1.34. The third-order valence-corrected chi connectivity index (χ3v) is 2.80. The minimum atomic E-state index is -0.252. The molecule has 0 aliphatic rings. The van der Waals surface area contributed by atoms with Gasteiger partial charge in [-0.05, 0) is 24.6 Å². The van der Waals surface area contributed by atoms with E-state index in [9.17, 15) is 4.79 Å². The highest BCUT2D eigenvalue weighted by Crippen LogP contribution is 2.17. The van der Waals surface area contributed by atoms with Crippen LogP contribution in [0.2, 0.25) is 0 Å². The molecule has 1 unspecified atom stereocenters. The van der Waals surface area contributed by atoms with Gasteiger partial charge in [0, 0.05) is 24.8 Å². The molecule has 0 radical (unpaired) electrons. The van der Waals surface area contributed by atoms with E-state index in [0.29, 0.717) is 13.2 Å². The summed E-state index contributed by atoms with van der Waals surface area (Å²) in [5.74, 6) is 0.817. The molecule has 0 saturated heterocycles. The van der Waals surface area contributed by atoms with E-state index >= 15 is 0 Å². The molecule has 0 bridgehead atoms. The van der Waals surface area contributed by atoms with Gasteiger partial charge in [0.05, 0.1) is 12.9 Å². The summed E-state index contributed by atoms with van der Waals surface area (Å²) in [6, 6.07) is 8.76. The Bertz CT molecular complexity index is 578. The average Bonchev–Trinajstić information content (AvgIpc) is 2.42. The van der Waals surface area contributed by atoms with Crippen molar-refractivity contribution in [2.75, 3.05) is 6.61 Å². The van der Waals surface area contributed by atoms with E-state index in [-0.39, 0.29) is 11.6 Å². The van der Waals surface area contributed by atoms with Crippen LogP contribution in [0, 0.1) is 0 Å². The molecule has 0 aliphatic heterocycles. The first-order chi connectivity index (χ1) is 9.20. The van der Waals surface area contributed by atoms with Crippen LogP contribution in [-0.4, -0.2) is 16.2 Å². The standard InChI is InChI=1S/C14H17N3O2/c1-2-19-12-5-3-11(4-6-12)13(15)9-17-10-16-8-7-14(17)18/h3-8,10,13H,2,9,15H2,1H3. The Morgan fingerprint density at radius 2 is 2.05 bits per heavy atom. The molecule has 100 valence electrons. The van der Waals surface area contributed by atoms with E-state index in [1.807, 2.05) is 31.2 Å². The summed E-state index contributed by atoms with van der Waals surface area (Å²) >= 11 is 0. The fourth-order valence-electron chi connectivity index (χ4n) is 1.81. The van der Waals surface area contributed by atoms with Crippen molar-refractivity contribution in [3.8, 4) is 5.75 Å². The molecule has 2 aromatic rings. The van der Waals surface area contributed by atoms with Gasteiger partial charge in [0.2, 0.25) is 0 Å². The largest absolute Gasteiger partial charge is 0.494 e. The summed E-state index contributed by atoms with van der Waals surface area (Å²) in [4.78, 5) is 15.5. The molecular weight excluding hydrogens is 242 g/mol. The molecule has 1 aromatic heterocycles. The van der Waals surface area contributed by atoms with Crippen molar-refractivity contribution >= 4 is 0 Å². The van der Waals surface area contributed by atoms with Gasteiger partial charge in [0.15, 0.2) is 0 Å². The Morgan fingerprint density at radius 1 is 1.32 bits per heavy atom. The maximum absolute atomic E-state index is 11.6. The van der Waals surface area contributed by atoms with Crippen LogP contribution in [0.15, 0.2) is 47.7 Å². The summed E-state index contributed by atoms with van der Waals surface area (Å²) < 4.78 is 6.87. The lowest BCUT2D eigenvalue weighted by Crippen LogP contribution is -2.26. The zero-order valence-corrected chi connectivity index (χ0v) is 10.8. The van der Waals surface area contributed by atoms with Gasteiger partial charge in [-0.3, -0.25) is 9.36 Å². The van der Waals surface area contributed by atoms with Crippen LogP contribution in [0.25, 0.3) is 0 Å². The Balaban J connectivity index is 2.09. The first kappa shape index (κ1) is 13.3. The summed E-state index contributed by atoms with van der Waals surface area (Å²) in [6.45, 7) is 2.98. The fraction of sp³-hybridized carbons (Fsp3) is 0.286. The average molecular weight is 259 g/mol. The number of hydrogen-bond acceptors (Lipinski definition) is 4. The molecular formula is C14H17N3O2. The number of aromatic nitrogens is 2. The topological polar surface area (TPSA) is 70.1 Å². The van der Waals surface area contributed by atoms with E-state index in [0.717, 1.165) is 11.3 Å². The molecule has 1 aromatic carbocycles. The molecule has 0 amide bonds. The van der Waals surface area contributed by atoms with Crippen molar-refractivity contribution in [3.05, 3.63) is 58.8 Å². The second-order valence-electron chi connectivity index (χ2n) is 4.18. The third kappa shape index (κ3) is 3.42. The summed E-state index contributed by atoms with van der Waals surface area (Å²) in [5.41, 5.74) is 6.95. The minimum absolute atomic E-state index is 0.101. The lowest BCUT2D eigenvalue weighted by Gasteiger charge is -2.14. The number of ether oxygens (including phenoxy) is 1. The number of rotatable bonds is 5. The quantitative estimate of drug-likeness (QED) is 0.879.